The van der Waals surface area contributed by atoms with Crippen LogP contribution >= 0.6 is 11.8 Å². The lowest BCUT2D eigenvalue weighted by Gasteiger charge is -2.46. The Balaban J connectivity index is 2.07. The summed E-state index contributed by atoms with van der Waals surface area (Å²) in [6, 6.07) is 9.22. The van der Waals surface area contributed by atoms with Crippen LogP contribution in [0.25, 0.3) is 0 Å². The van der Waals surface area contributed by atoms with Gasteiger partial charge in [0.1, 0.15) is 0 Å². The number of rotatable bonds is 5. The first-order chi connectivity index (χ1) is 8.20. The molecule has 1 fully saturated rings. The van der Waals surface area contributed by atoms with Gasteiger partial charge < -0.3 is 5.73 Å². The second-order valence-electron chi connectivity index (χ2n) is 5.30. The van der Waals surface area contributed by atoms with E-state index in [-0.39, 0.29) is 0 Å². The van der Waals surface area contributed by atoms with Crippen LogP contribution in [0.5, 0.6) is 0 Å². The van der Waals surface area contributed by atoms with Crippen LogP contribution in [0.15, 0.2) is 24.3 Å². The second-order valence-corrected chi connectivity index (χ2v) is 6.49. The molecule has 0 amide bonds. The van der Waals surface area contributed by atoms with Gasteiger partial charge in [0, 0.05) is 4.75 Å². The maximum atomic E-state index is 5.54. The number of hydrogen-bond acceptors (Lipinski definition) is 2. The van der Waals surface area contributed by atoms with E-state index in [1.165, 1.54) is 24.0 Å². The Hall–Kier alpha value is -0.470. The van der Waals surface area contributed by atoms with Gasteiger partial charge in [0.2, 0.25) is 0 Å². The average Bonchev–Trinajstić information content (AvgIpc) is 2.33. The Morgan fingerprint density at radius 2 is 1.94 bits per heavy atom. The summed E-state index contributed by atoms with van der Waals surface area (Å²) in [5, 5.41) is 0. The monoisotopic (exact) mass is 249 g/mol. The van der Waals surface area contributed by atoms with Crippen LogP contribution in [0, 0.1) is 5.92 Å². The Labute approximate surface area is 109 Å². The quantitative estimate of drug-likeness (QED) is 0.863. The summed E-state index contributed by atoms with van der Waals surface area (Å²) >= 11 is 2.02. The van der Waals surface area contributed by atoms with Crippen LogP contribution in [0.2, 0.25) is 0 Å². The largest absolute Gasteiger partial charge is 0.330 e. The predicted molar refractivity (Wildman–Crippen MR) is 77.4 cm³/mol. The molecule has 0 aliphatic heterocycles. The summed E-state index contributed by atoms with van der Waals surface area (Å²) in [5.74, 6) is 0.888. The molecule has 0 radical (unpaired) electrons. The van der Waals surface area contributed by atoms with Crippen molar-refractivity contribution < 1.29 is 0 Å². The molecular weight excluding hydrogens is 226 g/mol. The minimum absolute atomic E-state index is 0.409. The van der Waals surface area contributed by atoms with Crippen molar-refractivity contribution in [1.82, 2.24) is 0 Å². The molecule has 0 unspecified atom stereocenters. The molecule has 0 spiro atoms. The molecule has 0 heterocycles. The molecule has 0 atom stereocenters. The Morgan fingerprint density at radius 1 is 1.29 bits per heavy atom. The van der Waals surface area contributed by atoms with Gasteiger partial charge >= 0.3 is 0 Å². The van der Waals surface area contributed by atoms with Crippen LogP contribution in [-0.4, -0.2) is 12.8 Å². The highest BCUT2D eigenvalue weighted by atomic mass is 32.2. The van der Waals surface area contributed by atoms with Crippen molar-refractivity contribution in [3.63, 3.8) is 0 Å². The van der Waals surface area contributed by atoms with Crippen molar-refractivity contribution in [3.8, 4) is 0 Å². The number of benzene rings is 1. The van der Waals surface area contributed by atoms with Crippen LogP contribution < -0.4 is 5.73 Å². The fraction of sp³-hybridized carbons (Fsp3) is 0.600. The minimum atomic E-state index is 0.409. The van der Waals surface area contributed by atoms with E-state index in [4.69, 9.17) is 5.73 Å². The summed E-state index contributed by atoms with van der Waals surface area (Å²) in [7, 11) is 0. The molecule has 0 saturated heterocycles. The second kappa shape index (κ2) is 5.45. The molecule has 2 rings (SSSR count). The zero-order chi connectivity index (χ0) is 12.3. The van der Waals surface area contributed by atoms with Gasteiger partial charge in [-0.2, -0.15) is 11.8 Å². The van der Waals surface area contributed by atoms with Crippen LogP contribution in [0.1, 0.15) is 37.3 Å². The lowest BCUT2D eigenvalue weighted by atomic mass is 9.71. The fourth-order valence-electron chi connectivity index (χ4n) is 2.87. The number of thioether (sulfide) groups is 1. The molecule has 2 N–H and O–H groups in total. The Kier molecular flexibility index (Phi) is 4.16. The maximum Gasteiger partial charge on any atom is 0.0410 e. The molecule has 1 aromatic rings. The zero-order valence-electron chi connectivity index (χ0n) is 10.9. The third-order valence-electron chi connectivity index (χ3n) is 3.90. The first kappa shape index (κ1) is 13.0. The van der Waals surface area contributed by atoms with Crippen molar-refractivity contribution in [3.05, 3.63) is 35.4 Å². The number of aryl methyl sites for hydroxylation is 1. The van der Waals surface area contributed by atoms with E-state index in [1.807, 2.05) is 11.8 Å². The average molecular weight is 249 g/mol. The zero-order valence-corrected chi connectivity index (χ0v) is 11.7. The predicted octanol–water partition coefficient (Wildman–Crippen LogP) is 3.57. The molecule has 17 heavy (non-hydrogen) atoms. The van der Waals surface area contributed by atoms with Crippen molar-refractivity contribution in [2.45, 2.75) is 37.4 Å². The standard InChI is InChI=1S/C15H23NS/c1-12-10-15(11-12,17-2)14-7-5-13(6-8-14)4-3-9-16/h5-8,12H,3-4,9-11,16H2,1-2H3. The van der Waals surface area contributed by atoms with E-state index in [0.29, 0.717) is 4.75 Å². The van der Waals surface area contributed by atoms with Gasteiger partial charge in [0.25, 0.3) is 0 Å². The van der Waals surface area contributed by atoms with Gasteiger partial charge in [-0.1, -0.05) is 31.2 Å². The van der Waals surface area contributed by atoms with Gasteiger partial charge in [-0.15, -0.1) is 0 Å². The molecule has 0 bridgehead atoms. The SMILES string of the molecule is CSC1(c2ccc(CCCN)cc2)CC(C)C1. The lowest BCUT2D eigenvalue weighted by molar-refractivity contribution is 0.254. The molecule has 1 aliphatic carbocycles. The normalized spacial score (nSPS) is 27.8. The van der Waals surface area contributed by atoms with Crippen LogP contribution in [-0.2, 0) is 11.2 Å². The lowest BCUT2D eigenvalue weighted by Crippen LogP contribution is -2.36. The van der Waals surface area contributed by atoms with Crippen LogP contribution in [0.3, 0.4) is 0 Å². The van der Waals surface area contributed by atoms with Crippen LogP contribution in [0.4, 0.5) is 0 Å². The molecule has 1 nitrogen and oxygen atoms in total. The van der Waals surface area contributed by atoms with Crippen molar-refractivity contribution in [2.75, 3.05) is 12.8 Å². The van der Waals surface area contributed by atoms with Gasteiger partial charge in [-0.25, -0.2) is 0 Å². The summed E-state index contributed by atoms with van der Waals surface area (Å²) in [4.78, 5) is 0. The minimum Gasteiger partial charge on any atom is -0.330 e. The summed E-state index contributed by atoms with van der Waals surface area (Å²) in [6.07, 6.45) is 7.10. The summed E-state index contributed by atoms with van der Waals surface area (Å²) in [6.45, 7) is 3.14. The highest BCUT2D eigenvalue weighted by Gasteiger charge is 2.42. The van der Waals surface area contributed by atoms with E-state index in [1.54, 1.807) is 0 Å². The fourth-order valence-corrected chi connectivity index (χ4v) is 4.14. The summed E-state index contributed by atoms with van der Waals surface area (Å²) in [5.41, 5.74) is 8.47. The van der Waals surface area contributed by atoms with Gasteiger partial charge in [-0.3, -0.25) is 0 Å². The van der Waals surface area contributed by atoms with Gasteiger partial charge in [-0.05, 0) is 55.5 Å². The Morgan fingerprint density at radius 3 is 2.41 bits per heavy atom. The molecule has 94 valence electrons. The van der Waals surface area contributed by atoms with E-state index >= 15 is 0 Å². The van der Waals surface area contributed by atoms with Gasteiger partial charge in [0.05, 0.1) is 0 Å². The summed E-state index contributed by atoms with van der Waals surface area (Å²) < 4.78 is 0.409. The first-order valence-corrected chi connectivity index (χ1v) is 7.77. The van der Waals surface area contributed by atoms with E-state index in [9.17, 15) is 0 Å². The van der Waals surface area contributed by atoms with Crippen molar-refractivity contribution in [2.24, 2.45) is 11.7 Å². The smallest absolute Gasteiger partial charge is 0.0410 e. The van der Waals surface area contributed by atoms with Crippen molar-refractivity contribution >= 4 is 11.8 Å². The van der Waals surface area contributed by atoms with E-state index in [2.05, 4.69) is 37.4 Å². The topological polar surface area (TPSA) is 26.0 Å². The molecule has 2 heteroatoms. The first-order valence-electron chi connectivity index (χ1n) is 6.55. The van der Waals surface area contributed by atoms with E-state index < -0.39 is 0 Å². The third kappa shape index (κ3) is 2.69. The van der Waals surface area contributed by atoms with Gasteiger partial charge in [0.15, 0.2) is 0 Å². The highest BCUT2D eigenvalue weighted by molar-refractivity contribution is 7.99. The Bertz CT molecular complexity index is 352. The molecule has 1 saturated carbocycles. The molecule has 0 aromatic heterocycles. The molecule has 1 aliphatic rings. The van der Waals surface area contributed by atoms with E-state index in [0.717, 1.165) is 25.3 Å². The number of nitrogens with two attached hydrogens (primary N) is 1. The number of hydrogen-bond donors (Lipinski definition) is 1. The highest BCUT2D eigenvalue weighted by Crippen LogP contribution is 2.54. The molecular formula is C15H23NS. The maximum absolute atomic E-state index is 5.54. The van der Waals surface area contributed by atoms with Crippen molar-refractivity contribution in [1.29, 1.82) is 0 Å². The molecule has 1 aromatic carbocycles. The third-order valence-corrected chi connectivity index (χ3v) is 5.25.